The molecule has 0 radical (unpaired) electrons. The van der Waals surface area contributed by atoms with Gasteiger partial charge in [-0.1, -0.05) is 30.9 Å². The molecular formula is C21H22ClN3O5. The van der Waals surface area contributed by atoms with Crippen molar-refractivity contribution in [2.75, 3.05) is 12.4 Å². The Hall–Kier alpha value is -3.13. The molecule has 2 amide bonds. The van der Waals surface area contributed by atoms with Crippen LogP contribution in [-0.2, 0) is 0 Å². The highest BCUT2D eigenvalue weighted by molar-refractivity contribution is 6.34. The molecule has 0 atom stereocenters. The molecule has 3 rings (SSSR count). The van der Waals surface area contributed by atoms with Gasteiger partial charge in [-0.15, -0.1) is 0 Å². The van der Waals surface area contributed by atoms with E-state index >= 15 is 0 Å². The summed E-state index contributed by atoms with van der Waals surface area (Å²) in [5, 5.41) is 17.1. The normalized spacial score (nSPS) is 14.1. The highest BCUT2D eigenvalue weighted by Gasteiger charge is 2.20. The number of carbonyl (C=O) groups is 2. The van der Waals surface area contributed by atoms with Gasteiger partial charge in [-0.2, -0.15) is 0 Å². The first kappa shape index (κ1) is 21.6. The quantitative estimate of drug-likeness (QED) is 0.514. The summed E-state index contributed by atoms with van der Waals surface area (Å²) in [6.45, 7) is 0. The molecule has 0 unspecified atom stereocenters. The summed E-state index contributed by atoms with van der Waals surface area (Å²) in [5.41, 5.74) is 0.400. The van der Waals surface area contributed by atoms with Crippen LogP contribution in [0.4, 0.5) is 11.4 Å². The minimum atomic E-state index is -0.619. The predicted molar refractivity (Wildman–Crippen MR) is 113 cm³/mol. The van der Waals surface area contributed by atoms with Gasteiger partial charge in [0.2, 0.25) is 0 Å². The van der Waals surface area contributed by atoms with E-state index in [1.54, 1.807) is 6.07 Å². The van der Waals surface area contributed by atoms with E-state index in [-0.39, 0.29) is 39.5 Å². The molecule has 0 saturated heterocycles. The van der Waals surface area contributed by atoms with Gasteiger partial charge < -0.3 is 15.4 Å². The van der Waals surface area contributed by atoms with E-state index in [4.69, 9.17) is 16.3 Å². The Labute approximate surface area is 178 Å². The number of hydrogen-bond acceptors (Lipinski definition) is 5. The molecule has 9 heteroatoms. The van der Waals surface area contributed by atoms with Gasteiger partial charge in [-0.25, -0.2) is 0 Å². The van der Waals surface area contributed by atoms with E-state index < -0.39 is 10.8 Å². The van der Waals surface area contributed by atoms with E-state index in [1.807, 2.05) is 0 Å². The van der Waals surface area contributed by atoms with Crippen molar-refractivity contribution in [2.45, 2.75) is 38.1 Å². The predicted octanol–water partition coefficient (Wildman–Crippen LogP) is 4.57. The fraction of sp³-hybridized carbons (Fsp3) is 0.333. The molecule has 0 aromatic heterocycles. The Morgan fingerprint density at radius 2 is 1.83 bits per heavy atom. The van der Waals surface area contributed by atoms with Crippen LogP contribution in [0.25, 0.3) is 0 Å². The number of halogens is 1. The molecule has 1 fully saturated rings. The maximum absolute atomic E-state index is 12.6. The van der Waals surface area contributed by atoms with Crippen LogP contribution in [0.5, 0.6) is 5.75 Å². The molecule has 2 aromatic rings. The molecule has 1 aliphatic carbocycles. The van der Waals surface area contributed by atoms with E-state index in [2.05, 4.69) is 10.6 Å². The third-order valence-electron chi connectivity index (χ3n) is 5.05. The summed E-state index contributed by atoms with van der Waals surface area (Å²) >= 11 is 6.19. The van der Waals surface area contributed by atoms with Crippen LogP contribution in [0.1, 0.15) is 52.8 Å². The van der Waals surface area contributed by atoms with E-state index in [9.17, 15) is 19.7 Å². The smallest absolute Gasteiger partial charge is 0.311 e. The number of nitrogens with zero attached hydrogens (tertiary/aromatic N) is 1. The fourth-order valence-electron chi connectivity index (χ4n) is 3.46. The number of anilines is 1. The second kappa shape index (κ2) is 9.58. The van der Waals surface area contributed by atoms with Gasteiger partial charge in [0.05, 0.1) is 22.6 Å². The van der Waals surface area contributed by atoms with Gasteiger partial charge in [-0.05, 0) is 43.2 Å². The lowest BCUT2D eigenvalue weighted by Gasteiger charge is -2.23. The first-order valence-corrected chi connectivity index (χ1v) is 10.0. The highest BCUT2D eigenvalue weighted by atomic mass is 35.5. The summed E-state index contributed by atoms with van der Waals surface area (Å²) in [6, 6.07) is 8.64. The second-order valence-corrected chi connectivity index (χ2v) is 7.51. The van der Waals surface area contributed by atoms with Crippen molar-refractivity contribution in [2.24, 2.45) is 0 Å². The zero-order valence-corrected chi connectivity index (χ0v) is 17.2. The summed E-state index contributed by atoms with van der Waals surface area (Å²) in [4.78, 5) is 35.7. The SMILES string of the molecule is COc1ccc(C(=O)Nc2ccc(Cl)c(C(=O)NC3CCCCC3)c2)cc1[N+](=O)[O-]. The third kappa shape index (κ3) is 5.07. The van der Waals surface area contributed by atoms with Crippen LogP contribution in [0.15, 0.2) is 36.4 Å². The van der Waals surface area contributed by atoms with Gasteiger partial charge >= 0.3 is 5.69 Å². The second-order valence-electron chi connectivity index (χ2n) is 7.10. The molecule has 30 heavy (non-hydrogen) atoms. The number of rotatable bonds is 6. The zero-order chi connectivity index (χ0) is 21.7. The van der Waals surface area contributed by atoms with Crippen molar-refractivity contribution >= 4 is 34.8 Å². The minimum Gasteiger partial charge on any atom is -0.490 e. The Balaban J connectivity index is 1.76. The number of amides is 2. The summed E-state index contributed by atoms with van der Waals surface area (Å²) in [5.74, 6) is -0.783. The summed E-state index contributed by atoms with van der Waals surface area (Å²) < 4.78 is 4.94. The van der Waals surface area contributed by atoms with Crippen molar-refractivity contribution in [1.29, 1.82) is 0 Å². The highest BCUT2D eigenvalue weighted by Crippen LogP contribution is 2.28. The summed E-state index contributed by atoms with van der Waals surface area (Å²) in [7, 11) is 1.32. The Morgan fingerprint density at radius 1 is 1.10 bits per heavy atom. The van der Waals surface area contributed by atoms with Crippen LogP contribution in [-0.4, -0.2) is 29.9 Å². The lowest BCUT2D eigenvalue weighted by molar-refractivity contribution is -0.385. The monoisotopic (exact) mass is 431 g/mol. The minimum absolute atomic E-state index is 0.0599. The first-order valence-electron chi connectivity index (χ1n) is 9.63. The third-order valence-corrected chi connectivity index (χ3v) is 5.38. The van der Waals surface area contributed by atoms with Gasteiger partial charge in [0.15, 0.2) is 5.75 Å². The van der Waals surface area contributed by atoms with E-state index in [1.165, 1.54) is 37.8 Å². The molecule has 2 N–H and O–H groups in total. The first-order chi connectivity index (χ1) is 14.4. The molecule has 8 nitrogen and oxygen atoms in total. The van der Waals surface area contributed by atoms with Crippen molar-refractivity contribution in [3.05, 3.63) is 62.7 Å². The number of hydrogen-bond donors (Lipinski definition) is 2. The van der Waals surface area contributed by atoms with Crippen LogP contribution in [0.3, 0.4) is 0 Å². The maximum Gasteiger partial charge on any atom is 0.311 e. The number of nitrogens with one attached hydrogen (secondary N) is 2. The molecule has 0 bridgehead atoms. The summed E-state index contributed by atoms with van der Waals surface area (Å²) in [6.07, 6.45) is 5.23. The van der Waals surface area contributed by atoms with Crippen molar-refractivity contribution in [3.63, 3.8) is 0 Å². The van der Waals surface area contributed by atoms with Crippen molar-refractivity contribution in [3.8, 4) is 5.75 Å². The van der Waals surface area contributed by atoms with Crippen LogP contribution >= 0.6 is 11.6 Å². The van der Waals surface area contributed by atoms with Crippen molar-refractivity contribution < 1.29 is 19.2 Å². The molecular weight excluding hydrogens is 410 g/mol. The van der Waals surface area contributed by atoms with Crippen LogP contribution in [0.2, 0.25) is 5.02 Å². The number of carbonyl (C=O) groups excluding carboxylic acids is 2. The lowest BCUT2D eigenvalue weighted by atomic mass is 9.95. The van der Waals surface area contributed by atoms with E-state index in [0.717, 1.165) is 31.7 Å². The topological polar surface area (TPSA) is 111 Å². The van der Waals surface area contributed by atoms with Gasteiger partial charge in [0, 0.05) is 23.4 Å². The molecule has 1 aliphatic rings. The zero-order valence-electron chi connectivity index (χ0n) is 16.4. The molecule has 1 saturated carbocycles. The molecule has 158 valence electrons. The van der Waals surface area contributed by atoms with Crippen LogP contribution in [0, 0.1) is 10.1 Å². The number of ether oxygens (including phenoxy) is 1. The largest absolute Gasteiger partial charge is 0.490 e. The maximum atomic E-state index is 12.6. The average molecular weight is 432 g/mol. The fourth-order valence-corrected chi connectivity index (χ4v) is 3.67. The molecule has 0 aliphatic heterocycles. The number of methoxy groups -OCH3 is 1. The standard InChI is InChI=1S/C21H22ClN3O5/c1-30-19-10-7-13(11-18(19)25(28)29)20(26)24-15-8-9-17(22)16(12-15)21(27)23-14-5-3-2-4-6-14/h7-12,14H,2-6H2,1H3,(H,23,27)(H,24,26). The molecule has 0 spiro atoms. The van der Waals surface area contributed by atoms with Crippen LogP contribution < -0.4 is 15.4 Å². The molecule has 2 aromatic carbocycles. The Morgan fingerprint density at radius 3 is 2.50 bits per heavy atom. The Kier molecular flexibility index (Phi) is 6.89. The van der Waals surface area contributed by atoms with Gasteiger partial charge in [0.25, 0.3) is 11.8 Å². The average Bonchev–Trinajstić information content (AvgIpc) is 2.75. The van der Waals surface area contributed by atoms with Crippen molar-refractivity contribution in [1.82, 2.24) is 5.32 Å². The van der Waals surface area contributed by atoms with Gasteiger partial charge in [-0.3, -0.25) is 19.7 Å². The molecule has 0 heterocycles. The number of benzene rings is 2. The van der Waals surface area contributed by atoms with Gasteiger partial charge in [0.1, 0.15) is 0 Å². The Bertz CT molecular complexity index is 973. The number of nitro benzene ring substituents is 1. The number of nitro groups is 1. The van der Waals surface area contributed by atoms with E-state index in [0.29, 0.717) is 5.69 Å². The lowest BCUT2D eigenvalue weighted by Crippen LogP contribution is -2.36.